The standard InChI is InChI=1S/C16H22BrNO/c17-16(7-4-12-19)15-8-10-18(11-9-15)13-14-5-2-1-3-6-14/h1-3,5-6,12,15-16H,4,7-11,13H2. The number of carbonyl (C=O) groups excluding carboxylic acids is 1. The van der Waals surface area contributed by atoms with Crippen LogP contribution in [0.4, 0.5) is 0 Å². The smallest absolute Gasteiger partial charge is 0.120 e. The molecule has 0 radical (unpaired) electrons. The first kappa shape index (κ1) is 14.7. The van der Waals surface area contributed by atoms with Gasteiger partial charge in [0.2, 0.25) is 0 Å². The zero-order valence-corrected chi connectivity index (χ0v) is 12.9. The molecule has 104 valence electrons. The molecule has 1 heterocycles. The second kappa shape index (κ2) is 7.81. The van der Waals surface area contributed by atoms with Crippen molar-refractivity contribution in [3.8, 4) is 0 Å². The molecule has 0 aliphatic carbocycles. The zero-order chi connectivity index (χ0) is 13.5. The summed E-state index contributed by atoms with van der Waals surface area (Å²) in [6.07, 6.45) is 5.16. The van der Waals surface area contributed by atoms with E-state index in [0.717, 1.165) is 25.2 Å². The van der Waals surface area contributed by atoms with Crippen molar-refractivity contribution in [1.82, 2.24) is 4.90 Å². The summed E-state index contributed by atoms with van der Waals surface area (Å²) in [6, 6.07) is 10.7. The molecular formula is C16H22BrNO. The second-order valence-corrected chi connectivity index (χ2v) is 6.54. The molecule has 1 aromatic rings. The molecule has 2 nitrogen and oxygen atoms in total. The minimum absolute atomic E-state index is 0.511. The quantitative estimate of drug-likeness (QED) is 0.588. The van der Waals surface area contributed by atoms with Crippen LogP contribution in [-0.2, 0) is 11.3 Å². The Labute approximate surface area is 124 Å². The summed E-state index contributed by atoms with van der Waals surface area (Å²) >= 11 is 3.75. The zero-order valence-electron chi connectivity index (χ0n) is 11.3. The molecule has 0 bridgehead atoms. The van der Waals surface area contributed by atoms with E-state index >= 15 is 0 Å². The van der Waals surface area contributed by atoms with Crippen molar-refractivity contribution in [3.05, 3.63) is 35.9 Å². The van der Waals surface area contributed by atoms with Gasteiger partial charge in [0.1, 0.15) is 6.29 Å². The third-order valence-corrected chi connectivity index (χ3v) is 5.16. The Bertz CT molecular complexity index is 374. The van der Waals surface area contributed by atoms with Gasteiger partial charge in [-0.25, -0.2) is 0 Å². The molecule has 1 aliphatic heterocycles. The van der Waals surface area contributed by atoms with Crippen LogP contribution >= 0.6 is 15.9 Å². The summed E-state index contributed by atoms with van der Waals surface area (Å²) in [5.74, 6) is 0.729. The maximum atomic E-state index is 10.4. The van der Waals surface area contributed by atoms with Crippen molar-refractivity contribution >= 4 is 22.2 Å². The maximum Gasteiger partial charge on any atom is 0.120 e. The number of aldehydes is 1. The second-order valence-electron chi connectivity index (χ2n) is 5.36. The summed E-state index contributed by atoms with van der Waals surface area (Å²) in [5.41, 5.74) is 1.40. The van der Waals surface area contributed by atoms with Crippen LogP contribution < -0.4 is 0 Å². The van der Waals surface area contributed by atoms with Gasteiger partial charge in [-0.1, -0.05) is 46.3 Å². The molecule has 1 atom stereocenters. The van der Waals surface area contributed by atoms with Crippen LogP contribution in [0.1, 0.15) is 31.2 Å². The molecule has 1 unspecified atom stereocenters. The van der Waals surface area contributed by atoms with Gasteiger partial charge in [0.05, 0.1) is 0 Å². The number of halogens is 1. The number of nitrogens with zero attached hydrogens (tertiary/aromatic N) is 1. The van der Waals surface area contributed by atoms with Gasteiger partial charge in [0.25, 0.3) is 0 Å². The molecule has 1 aliphatic rings. The van der Waals surface area contributed by atoms with Crippen LogP contribution in [0.5, 0.6) is 0 Å². The summed E-state index contributed by atoms with van der Waals surface area (Å²) in [6.45, 7) is 3.40. The van der Waals surface area contributed by atoms with Gasteiger partial charge < -0.3 is 4.79 Å². The lowest BCUT2D eigenvalue weighted by atomic mass is 9.91. The normalized spacial score (nSPS) is 19.2. The number of carbonyl (C=O) groups is 1. The summed E-state index contributed by atoms with van der Waals surface area (Å²) in [5, 5.41) is 0. The SMILES string of the molecule is O=CCCC(Br)C1CCN(Cc2ccccc2)CC1. The lowest BCUT2D eigenvalue weighted by Gasteiger charge is -2.34. The van der Waals surface area contributed by atoms with Gasteiger partial charge in [-0.3, -0.25) is 4.90 Å². The van der Waals surface area contributed by atoms with Gasteiger partial charge in [0.15, 0.2) is 0 Å². The monoisotopic (exact) mass is 323 g/mol. The number of hydrogen-bond acceptors (Lipinski definition) is 2. The van der Waals surface area contributed by atoms with Crippen molar-refractivity contribution < 1.29 is 4.79 Å². The van der Waals surface area contributed by atoms with Crippen LogP contribution in [0.3, 0.4) is 0 Å². The molecule has 0 aromatic heterocycles. The highest BCUT2D eigenvalue weighted by molar-refractivity contribution is 9.09. The van der Waals surface area contributed by atoms with Crippen molar-refractivity contribution in [3.63, 3.8) is 0 Å². The first-order valence-electron chi connectivity index (χ1n) is 7.13. The van der Waals surface area contributed by atoms with Gasteiger partial charge in [-0.05, 0) is 43.8 Å². The van der Waals surface area contributed by atoms with E-state index in [4.69, 9.17) is 0 Å². The fourth-order valence-electron chi connectivity index (χ4n) is 2.78. The minimum Gasteiger partial charge on any atom is -0.303 e. The Morgan fingerprint density at radius 1 is 1.26 bits per heavy atom. The van der Waals surface area contributed by atoms with Crippen molar-refractivity contribution in [2.45, 2.75) is 37.1 Å². The number of likely N-dealkylation sites (tertiary alicyclic amines) is 1. The first-order valence-corrected chi connectivity index (χ1v) is 8.05. The molecule has 1 aromatic carbocycles. The lowest BCUT2D eigenvalue weighted by Crippen LogP contribution is -2.36. The van der Waals surface area contributed by atoms with Crippen molar-refractivity contribution in [2.24, 2.45) is 5.92 Å². The molecule has 0 spiro atoms. The Hall–Kier alpha value is -0.670. The number of piperidine rings is 1. The number of hydrogen-bond donors (Lipinski definition) is 0. The van der Waals surface area contributed by atoms with E-state index in [-0.39, 0.29) is 0 Å². The molecule has 19 heavy (non-hydrogen) atoms. The summed E-state index contributed by atoms with van der Waals surface area (Å²) < 4.78 is 0. The lowest BCUT2D eigenvalue weighted by molar-refractivity contribution is -0.107. The Morgan fingerprint density at radius 3 is 2.58 bits per heavy atom. The van der Waals surface area contributed by atoms with Gasteiger partial charge in [-0.2, -0.15) is 0 Å². The Balaban J connectivity index is 1.74. The molecule has 0 saturated carbocycles. The average molecular weight is 324 g/mol. The van der Waals surface area contributed by atoms with Crippen LogP contribution in [0.15, 0.2) is 30.3 Å². The van der Waals surface area contributed by atoms with E-state index in [1.54, 1.807) is 0 Å². The van der Waals surface area contributed by atoms with E-state index in [1.165, 1.54) is 31.5 Å². The van der Waals surface area contributed by atoms with Gasteiger partial charge in [-0.15, -0.1) is 0 Å². The molecule has 1 fully saturated rings. The highest BCUT2D eigenvalue weighted by Crippen LogP contribution is 2.28. The van der Waals surface area contributed by atoms with Crippen LogP contribution in [0.2, 0.25) is 0 Å². The van der Waals surface area contributed by atoms with E-state index in [1.807, 2.05) is 0 Å². The van der Waals surface area contributed by atoms with Gasteiger partial charge >= 0.3 is 0 Å². The summed E-state index contributed by atoms with van der Waals surface area (Å²) in [7, 11) is 0. The topological polar surface area (TPSA) is 20.3 Å². The summed E-state index contributed by atoms with van der Waals surface area (Å²) in [4.78, 5) is 13.5. The van der Waals surface area contributed by atoms with E-state index in [2.05, 4.69) is 51.2 Å². The first-order chi connectivity index (χ1) is 9.29. The van der Waals surface area contributed by atoms with Crippen LogP contribution in [-0.4, -0.2) is 29.1 Å². The molecule has 3 heteroatoms. The minimum atomic E-state index is 0.511. The number of rotatable bonds is 6. The largest absolute Gasteiger partial charge is 0.303 e. The van der Waals surface area contributed by atoms with Crippen molar-refractivity contribution in [1.29, 1.82) is 0 Å². The van der Waals surface area contributed by atoms with Gasteiger partial charge in [0, 0.05) is 17.8 Å². The van der Waals surface area contributed by atoms with Crippen LogP contribution in [0, 0.1) is 5.92 Å². The number of alkyl halides is 1. The molecule has 0 amide bonds. The Morgan fingerprint density at radius 2 is 1.95 bits per heavy atom. The third kappa shape index (κ3) is 4.73. The molecule has 1 saturated heterocycles. The fraction of sp³-hybridized carbons (Fsp3) is 0.562. The predicted molar refractivity (Wildman–Crippen MR) is 82.5 cm³/mol. The fourth-order valence-corrected chi connectivity index (χ4v) is 3.57. The average Bonchev–Trinajstić information content (AvgIpc) is 2.46. The molecule has 0 N–H and O–H groups in total. The predicted octanol–water partition coefficient (Wildman–Crippen LogP) is 3.64. The van der Waals surface area contributed by atoms with Crippen LogP contribution in [0.25, 0.3) is 0 Å². The molecule has 2 rings (SSSR count). The van der Waals surface area contributed by atoms with E-state index < -0.39 is 0 Å². The molecular weight excluding hydrogens is 302 g/mol. The van der Waals surface area contributed by atoms with E-state index in [9.17, 15) is 4.79 Å². The number of benzene rings is 1. The maximum absolute atomic E-state index is 10.4. The Kier molecular flexibility index (Phi) is 6.05. The third-order valence-electron chi connectivity index (χ3n) is 3.95. The highest BCUT2D eigenvalue weighted by Gasteiger charge is 2.24. The van der Waals surface area contributed by atoms with E-state index in [0.29, 0.717) is 11.2 Å². The highest BCUT2D eigenvalue weighted by atomic mass is 79.9. The van der Waals surface area contributed by atoms with Crippen molar-refractivity contribution in [2.75, 3.05) is 13.1 Å².